The Bertz CT molecular complexity index is 803. The van der Waals surface area contributed by atoms with E-state index in [-0.39, 0.29) is 18.9 Å². The molecule has 2 amide bonds. The van der Waals surface area contributed by atoms with E-state index in [1.54, 1.807) is 19.3 Å². The molecule has 0 spiro atoms. The Morgan fingerprint density at radius 3 is 2.74 bits per heavy atom. The number of anilines is 2. The van der Waals surface area contributed by atoms with E-state index < -0.39 is 6.09 Å². The minimum atomic E-state index is -0.508. The van der Waals surface area contributed by atoms with Gasteiger partial charge in [0.15, 0.2) is 0 Å². The van der Waals surface area contributed by atoms with Crippen molar-refractivity contribution in [1.29, 1.82) is 0 Å². The van der Waals surface area contributed by atoms with Gasteiger partial charge >= 0.3 is 6.09 Å². The molecule has 27 heavy (non-hydrogen) atoms. The second-order valence-corrected chi connectivity index (χ2v) is 6.55. The SMILES string of the molecule is CCOC(=O)NCCC(=O)Nc1ccc(N2CCCCC2)c2ccncc12. The van der Waals surface area contributed by atoms with Crippen LogP contribution in [-0.4, -0.2) is 43.2 Å². The first-order valence-corrected chi connectivity index (χ1v) is 9.51. The lowest BCUT2D eigenvalue weighted by molar-refractivity contribution is -0.116. The average Bonchev–Trinajstić information content (AvgIpc) is 2.69. The first kappa shape index (κ1) is 18.9. The van der Waals surface area contributed by atoms with Crippen molar-refractivity contribution in [1.82, 2.24) is 10.3 Å². The van der Waals surface area contributed by atoms with Gasteiger partial charge in [0.05, 0.1) is 12.3 Å². The molecule has 0 bridgehead atoms. The summed E-state index contributed by atoms with van der Waals surface area (Å²) < 4.78 is 4.78. The molecule has 1 aromatic carbocycles. The molecule has 0 unspecified atom stereocenters. The number of piperidine rings is 1. The van der Waals surface area contributed by atoms with Gasteiger partial charge in [0, 0.05) is 54.9 Å². The summed E-state index contributed by atoms with van der Waals surface area (Å²) in [7, 11) is 0. The quantitative estimate of drug-likeness (QED) is 0.815. The van der Waals surface area contributed by atoms with Gasteiger partial charge in [-0.25, -0.2) is 4.79 Å². The number of nitrogens with one attached hydrogen (secondary N) is 2. The van der Waals surface area contributed by atoms with Crippen LogP contribution in [0.1, 0.15) is 32.6 Å². The first-order chi connectivity index (χ1) is 13.2. The summed E-state index contributed by atoms with van der Waals surface area (Å²) in [6.07, 6.45) is 6.93. The highest BCUT2D eigenvalue weighted by Gasteiger charge is 2.16. The summed E-state index contributed by atoms with van der Waals surface area (Å²) in [5, 5.41) is 7.50. The van der Waals surface area contributed by atoms with E-state index in [0.29, 0.717) is 6.61 Å². The van der Waals surface area contributed by atoms with E-state index in [1.807, 2.05) is 12.1 Å². The predicted octanol–water partition coefficient (Wildman–Crippen LogP) is 3.30. The number of fused-ring (bicyclic) bond motifs is 1. The number of hydrogen-bond acceptors (Lipinski definition) is 5. The smallest absolute Gasteiger partial charge is 0.407 e. The van der Waals surface area contributed by atoms with Crippen molar-refractivity contribution in [3.8, 4) is 0 Å². The number of rotatable bonds is 6. The van der Waals surface area contributed by atoms with Gasteiger partial charge in [-0.3, -0.25) is 9.78 Å². The zero-order valence-corrected chi connectivity index (χ0v) is 15.7. The van der Waals surface area contributed by atoms with Crippen molar-refractivity contribution in [2.75, 3.05) is 36.5 Å². The maximum absolute atomic E-state index is 12.2. The molecule has 2 N–H and O–H groups in total. The van der Waals surface area contributed by atoms with E-state index in [4.69, 9.17) is 4.74 Å². The fourth-order valence-electron chi connectivity index (χ4n) is 3.37. The number of ether oxygens (including phenoxy) is 1. The summed E-state index contributed by atoms with van der Waals surface area (Å²) in [6.45, 7) is 4.39. The van der Waals surface area contributed by atoms with Gasteiger partial charge < -0.3 is 20.3 Å². The van der Waals surface area contributed by atoms with Crippen LogP contribution in [0.15, 0.2) is 30.6 Å². The maximum Gasteiger partial charge on any atom is 0.407 e. The first-order valence-electron chi connectivity index (χ1n) is 9.51. The molecule has 1 saturated heterocycles. The summed E-state index contributed by atoms with van der Waals surface area (Å²) in [5.74, 6) is -0.164. The van der Waals surface area contributed by atoms with E-state index >= 15 is 0 Å². The van der Waals surface area contributed by atoms with Gasteiger partial charge in [0.2, 0.25) is 5.91 Å². The maximum atomic E-state index is 12.2. The zero-order chi connectivity index (χ0) is 19.1. The molecule has 0 radical (unpaired) electrons. The monoisotopic (exact) mass is 370 g/mol. The average molecular weight is 370 g/mol. The van der Waals surface area contributed by atoms with Crippen molar-refractivity contribution in [3.63, 3.8) is 0 Å². The Hall–Kier alpha value is -2.83. The molecular formula is C20H26N4O3. The standard InChI is InChI=1S/C20H26N4O3/c1-2-27-20(26)22-11-9-19(25)23-17-6-7-18(24-12-4-3-5-13-24)15-8-10-21-14-16(15)17/h6-8,10,14H,2-5,9,11-13H2,1H3,(H,22,26)(H,23,25). The van der Waals surface area contributed by atoms with Crippen LogP contribution in [-0.2, 0) is 9.53 Å². The molecule has 2 aromatic rings. The van der Waals surface area contributed by atoms with Crippen molar-refractivity contribution in [3.05, 3.63) is 30.6 Å². The molecular weight excluding hydrogens is 344 g/mol. The number of carbonyl (C=O) groups excluding carboxylic acids is 2. The molecule has 1 fully saturated rings. The van der Waals surface area contributed by atoms with Crippen LogP contribution in [0.4, 0.5) is 16.2 Å². The van der Waals surface area contributed by atoms with Gasteiger partial charge in [-0.2, -0.15) is 0 Å². The Kier molecular flexibility index (Phi) is 6.46. The molecule has 7 heteroatoms. The number of alkyl carbamates (subject to hydrolysis) is 1. The normalized spacial score (nSPS) is 14.0. The van der Waals surface area contributed by atoms with Crippen LogP contribution in [0.2, 0.25) is 0 Å². The second kappa shape index (κ2) is 9.21. The second-order valence-electron chi connectivity index (χ2n) is 6.55. The summed E-state index contributed by atoms with van der Waals surface area (Å²) in [6, 6.07) is 6.00. The molecule has 7 nitrogen and oxygen atoms in total. The van der Waals surface area contributed by atoms with Crippen LogP contribution >= 0.6 is 0 Å². The van der Waals surface area contributed by atoms with Crippen LogP contribution in [0, 0.1) is 0 Å². The highest BCUT2D eigenvalue weighted by Crippen LogP contribution is 2.33. The predicted molar refractivity (Wildman–Crippen MR) is 106 cm³/mol. The van der Waals surface area contributed by atoms with E-state index in [1.165, 1.54) is 24.9 Å². The van der Waals surface area contributed by atoms with E-state index in [0.717, 1.165) is 29.5 Å². The topological polar surface area (TPSA) is 83.6 Å². The number of hydrogen-bond donors (Lipinski definition) is 2. The Balaban J connectivity index is 1.70. The number of aromatic nitrogens is 1. The fourth-order valence-corrected chi connectivity index (χ4v) is 3.37. The number of amides is 2. The Morgan fingerprint density at radius 2 is 1.96 bits per heavy atom. The molecule has 1 aromatic heterocycles. The van der Waals surface area contributed by atoms with Crippen LogP contribution < -0.4 is 15.5 Å². The van der Waals surface area contributed by atoms with Crippen LogP contribution in [0.5, 0.6) is 0 Å². The van der Waals surface area contributed by atoms with Gasteiger partial charge in [0.25, 0.3) is 0 Å². The highest BCUT2D eigenvalue weighted by atomic mass is 16.5. The van der Waals surface area contributed by atoms with Gasteiger partial charge in [0.1, 0.15) is 0 Å². The number of pyridine rings is 1. The molecule has 1 aliphatic heterocycles. The number of nitrogens with zero attached hydrogens (tertiary/aromatic N) is 2. The molecule has 0 aliphatic carbocycles. The van der Waals surface area contributed by atoms with Crippen LogP contribution in [0.25, 0.3) is 10.8 Å². The largest absolute Gasteiger partial charge is 0.450 e. The van der Waals surface area contributed by atoms with Crippen molar-refractivity contribution in [2.45, 2.75) is 32.6 Å². The lowest BCUT2D eigenvalue weighted by Crippen LogP contribution is -2.29. The van der Waals surface area contributed by atoms with Crippen molar-refractivity contribution >= 4 is 34.1 Å². The third kappa shape index (κ3) is 4.87. The Morgan fingerprint density at radius 1 is 1.15 bits per heavy atom. The summed E-state index contributed by atoms with van der Waals surface area (Å²) >= 11 is 0. The molecule has 0 saturated carbocycles. The highest BCUT2D eigenvalue weighted by molar-refractivity contribution is 6.06. The molecule has 1 aliphatic rings. The molecule has 0 atom stereocenters. The lowest BCUT2D eigenvalue weighted by atomic mass is 10.0. The van der Waals surface area contributed by atoms with E-state index in [9.17, 15) is 9.59 Å². The third-order valence-corrected chi connectivity index (χ3v) is 4.66. The van der Waals surface area contributed by atoms with Crippen molar-refractivity contribution < 1.29 is 14.3 Å². The zero-order valence-electron chi connectivity index (χ0n) is 15.7. The van der Waals surface area contributed by atoms with Gasteiger partial charge in [-0.15, -0.1) is 0 Å². The van der Waals surface area contributed by atoms with Gasteiger partial charge in [-0.1, -0.05) is 0 Å². The molecule has 144 valence electrons. The summed E-state index contributed by atoms with van der Waals surface area (Å²) in [4.78, 5) is 30.1. The number of benzene rings is 1. The minimum Gasteiger partial charge on any atom is -0.450 e. The summed E-state index contributed by atoms with van der Waals surface area (Å²) in [5.41, 5.74) is 1.93. The molecule has 3 rings (SSSR count). The fraction of sp³-hybridized carbons (Fsp3) is 0.450. The number of carbonyl (C=O) groups is 2. The van der Waals surface area contributed by atoms with E-state index in [2.05, 4.69) is 26.6 Å². The third-order valence-electron chi connectivity index (χ3n) is 4.66. The van der Waals surface area contributed by atoms with Gasteiger partial charge in [-0.05, 0) is 44.4 Å². The minimum absolute atomic E-state index is 0.164. The van der Waals surface area contributed by atoms with Crippen LogP contribution in [0.3, 0.4) is 0 Å². The lowest BCUT2D eigenvalue weighted by Gasteiger charge is -2.30. The van der Waals surface area contributed by atoms with Crippen molar-refractivity contribution in [2.24, 2.45) is 0 Å². The molecule has 2 heterocycles. The Labute approximate surface area is 159 Å².